The Balaban J connectivity index is 2.13. The van der Waals surface area contributed by atoms with Crippen molar-refractivity contribution in [3.8, 4) is 0 Å². The van der Waals surface area contributed by atoms with E-state index in [1.165, 1.54) is 4.88 Å². The molecule has 0 bridgehead atoms. The van der Waals surface area contributed by atoms with Gasteiger partial charge in [-0.3, -0.25) is 4.98 Å². The van der Waals surface area contributed by atoms with Crippen molar-refractivity contribution in [2.24, 2.45) is 11.1 Å². The van der Waals surface area contributed by atoms with Gasteiger partial charge in [-0.2, -0.15) is 0 Å². The third kappa shape index (κ3) is 1.69. The van der Waals surface area contributed by atoms with Crippen LogP contribution in [0.1, 0.15) is 24.1 Å². The molecule has 1 fully saturated rings. The molecule has 1 heterocycles. The van der Waals surface area contributed by atoms with Crippen LogP contribution in [0.15, 0.2) is 11.7 Å². The number of hydrogen-bond acceptors (Lipinski definition) is 4. The number of aliphatic hydroxyl groups is 1. The van der Waals surface area contributed by atoms with Crippen LogP contribution in [-0.4, -0.2) is 22.7 Å². The summed E-state index contributed by atoms with van der Waals surface area (Å²) in [6.45, 7) is 0.575. The monoisotopic (exact) mass is 212 g/mol. The molecule has 2 atom stereocenters. The number of aliphatic hydroxyl groups excluding tert-OH is 1. The second-order valence-electron chi connectivity index (χ2n) is 4.12. The Labute approximate surface area is 88.0 Å². The minimum absolute atomic E-state index is 0.0769. The molecule has 4 heteroatoms. The number of aromatic nitrogens is 1. The highest BCUT2D eigenvalue weighted by Crippen LogP contribution is 2.40. The largest absolute Gasteiger partial charge is 0.392 e. The normalized spacial score (nSPS) is 32.3. The zero-order chi connectivity index (χ0) is 10.0. The van der Waals surface area contributed by atoms with Crippen molar-refractivity contribution in [2.75, 3.05) is 6.54 Å². The second-order valence-corrected chi connectivity index (χ2v) is 5.09. The molecule has 0 spiro atoms. The van der Waals surface area contributed by atoms with E-state index in [9.17, 15) is 5.11 Å². The predicted octanol–water partition coefficient (Wildman–Crippen LogP) is 1.18. The fraction of sp³-hybridized carbons (Fsp3) is 0.700. The first-order valence-corrected chi connectivity index (χ1v) is 5.90. The van der Waals surface area contributed by atoms with Gasteiger partial charge in [-0.1, -0.05) is 6.42 Å². The summed E-state index contributed by atoms with van der Waals surface area (Å²) in [5.74, 6) is 0. The van der Waals surface area contributed by atoms with Gasteiger partial charge in [0.25, 0.3) is 0 Å². The Morgan fingerprint density at radius 3 is 3.07 bits per heavy atom. The average molecular weight is 212 g/mol. The van der Waals surface area contributed by atoms with Gasteiger partial charge in [0.1, 0.15) is 0 Å². The summed E-state index contributed by atoms with van der Waals surface area (Å²) in [5, 5.41) is 9.94. The Hall–Kier alpha value is -0.450. The van der Waals surface area contributed by atoms with E-state index in [2.05, 4.69) is 4.98 Å². The maximum Gasteiger partial charge on any atom is 0.0794 e. The van der Waals surface area contributed by atoms with Crippen molar-refractivity contribution in [2.45, 2.75) is 31.8 Å². The van der Waals surface area contributed by atoms with Gasteiger partial charge in [0, 0.05) is 23.0 Å². The zero-order valence-corrected chi connectivity index (χ0v) is 8.96. The summed E-state index contributed by atoms with van der Waals surface area (Å²) in [4.78, 5) is 5.28. The van der Waals surface area contributed by atoms with Crippen LogP contribution in [0.3, 0.4) is 0 Å². The number of hydrogen-bond donors (Lipinski definition) is 2. The fourth-order valence-electron chi connectivity index (χ4n) is 2.31. The van der Waals surface area contributed by atoms with Crippen molar-refractivity contribution in [3.05, 3.63) is 16.6 Å². The Kier molecular flexibility index (Phi) is 2.85. The van der Waals surface area contributed by atoms with E-state index in [0.717, 1.165) is 25.7 Å². The molecule has 1 aromatic rings. The second kappa shape index (κ2) is 3.96. The molecule has 78 valence electrons. The van der Waals surface area contributed by atoms with E-state index in [1.807, 2.05) is 11.7 Å². The number of nitrogens with two attached hydrogens (primary N) is 1. The SMILES string of the molecule is NCC1(Cc2cncs2)CCCC1O. The molecule has 0 radical (unpaired) electrons. The summed E-state index contributed by atoms with van der Waals surface area (Å²) in [7, 11) is 0. The van der Waals surface area contributed by atoms with Crippen molar-refractivity contribution in [1.29, 1.82) is 0 Å². The third-order valence-corrected chi connectivity index (χ3v) is 4.06. The van der Waals surface area contributed by atoms with Crippen LogP contribution in [0.4, 0.5) is 0 Å². The molecule has 0 amide bonds. The highest BCUT2D eigenvalue weighted by atomic mass is 32.1. The van der Waals surface area contributed by atoms with Crippen LogP contribution in [0, 0.1) is 5.41 Å². The van der Waals surface area contributed by atoms with Crippen molar-refractivity contribution < 1.29 is 5.11 Å². The molecule has 0 aromatic carbocycles. The van der Waals surface area contributed by atoms with Gasteiger partial charge in [0.05, 0.1) is 11.6 Å². The van der Waals surface area contributed by atoms with Crippen LogP contribution in [-0.2, 0) is 6.42 Å². The fourth-order valence-corrected chi connectivity index (χ4v) is 3.06. The van der Waals surface area contributed by atoms with Gasteiger partial charge < -0.3 is 10.8 Å². The lowest BCUT2D eigenvalue weighted by Crippen LogP contribution is -2.39. The molecule has 3 N–H and O–H groups in total. The van der Waals surface area contributed by atoms with Gasteiger partial charge >= 0.3 is 0 Å². The molecule has 0 saturated heterocycles. The molecule has 1 aliphatic rings. The molecule has 2 unspecified atom stereocenters. The minimum atomic E-state index is -0.227. The average Bonchev–Trinajstić information content (AvgIpc) is 2.79. The van der Waals surface area contributed by atoms with Crippen LogP contribution in [0.2, 0.25) is 0 Å². The summed E-state index contributed by atoms with van der Waals surface area (Å²) in [6, 6.07) is 0. The minimum Gasteiger partial charge on any atom is -0.392 e. The molecule has 1 aliphatic carbocycles. The lowest BCUT2D eigenvalue weighted by Gasteiger charge is -2.30. The van der Waals surface area contributed by atoms with E-state index >= 15 is 0 Å². The molecule has 1 saturated carbocycles. The molecule has 0 aliphatic heterocycles. The van der Waals surface area contributed by atoms with Crippen molar-refractivity contribution in [3.63, 3.8) is 0 Å². The van der Waals surface area contributed by atoms with E-state index < -0.39 is 0 Å². The van der Waals surface area contributed by atoms with Gasteiger partial charge in [0.2, 0.25) is 0 Å². The summed E-state index contributed by atoms with van der Waals surface area (Å²) < 4.78 is 0. The molecule has 14 heavy (non-hydrogen) atoms. The highest BCUT2D eigenvalue weighted by molar-refractivity contribution is 7.09. The quantitative estimate of drug-likeness (QED) is 0.791. The summed E-state index contributed by atoms with van der Waals surface area (Å²) in [6.07, 6.45) is 5.58. The van der Waals surface area contributed by atoms with Gasteiger partial charge in [0.15, 0.2) is 0 Å². The molecular weight excluding hydrogens is 196 g/mol. The van der Waals surface area contributed by atoms with Crippen LogP contribution >= 0.6 is 11.3 Å². The molecular formula is C10H16N2OS. The maximum absolute atomic E-state index is 9.94. The van der Waals surface area contributed by atoms with Crippen molar-refractivity contribution >= 4 is 11.3 Å². The highest BCUT2D eigenvalue weighted by Gasteiger charge is 2.41. The zero-order valence-electron chi connectivity index (χ0n) is 8.15. The number of thiazole rings is 1. The van der Waals surface area contributed by atoms with Crippen LogP contribution < -0.4 is 5.73 Å². The van der Waals surface area contributed by atoms with E-state index in [4.69, 9.17) is 5.73 Å². The van der Waals surface area contributed by atoms with E-state index in [1.54, 1.807) is 11.3 Å². The molecule has 1 aromatic heterocycles. The lowest BCUT2D eigenvalue weighted by molar-refractivity contribution is 0.0594. The number of nitrogens with zero attached hydrogens (tertiary/aromatic N) is 1. The van der Waals surface area contributed by atoms with Gasteiger partial charge in [-0.05, 0) is 19.3 Å². The van der Waals surface area contributed by atoms with Gasteiger partial charge in [-0.15, -0.1) is 11.3 Å². The summed E-state index contributed by atoms with van der Waals surface area (Å²) in [5.41, 5.74) is 7.56. The maximum atomic E-state index is 9.94. The molecule has 2 rings (SSSR count). The first kappa shape index (κ1) is 10.1. The van der Waals surface area contributed by atoms with Crippen molar-refractivity contribution in [1.82, 2.24) is 4.98 Å². The third-order valence-electron chi connectivity index (χ3n) is 3.28. The smallest absolute Gasteiger partial charge is 0.0794 e. The van der Waals surface area contributed by atoms with Gasteiger partial charge in [-0.25, -0.2) is 0 Å². The number of rotatable bonds is 3. The van der Waals surface area contributed by atoms with Crippen LogP contribution in [0.5, 0.6) is 0 Å². The first-order valence-electron chi connectivity index (χ1n) is 5.02. The predicted molar refractivity (Wildman–Crippen MR) is 57.2 cm³/mol. The first-order chi connectivity index (χ1) is 6.77. The lowest BCUT2D eigenvalue weighted by atomic mass is 9.80. The summed E-state index contributed by atoms with van der Waals surface area (Å²) >= 11 is 1.65. The standard InChI is InChI=1S/C10H16N2OS/c11-6-10(3-1-2-9(10)13)4-8-5-12-7-14-8/h5,7,9,13H,1-4,6,11H2. The Morgan fingerprint density at radius 2 is 2.57 bits per heavy atom. The Bertz CT molecular complexity index is 288. The van der Waals surface area contributed by atoms with E-state index in [0.29, 0.717) is 6.54 Å². The van der Waals surface area contributed by atoms with E-state index in [-0.39, 0.29) is 11.5 Å². The Morgan fingerprint density at radius 1 is 1.71 bits per heavy atom. The van der Waals surface area contributed by atoms with Crippen LogP contribution in [0.25, 0.3) is 0 Å². The molecule has 3 nitrogen and oxygen atoms in total. The topological polar surface area (TPSA) is 59.1 Å².